The van der Waals surface area contributed by atoms with Gasteiger partial charge in [0.15, 0.2) is 0 Å². The Morgan fingerprint density at radius 3 is 2.42 bits per heavy atom. The van der Waals surface area contributed by atoms with Gasteiger partial charge >= 0.3 is 0 Å². The number of hydrogen-bond acceptors (Lipinski definition) is 5. The zero-order valence-electron chi connectivity index (χ0n) is 13.9. The van der Waals surface area contributed by atoms with E-state index in [1.165, 1.54) is 4.90 Å². The Hall–Kier alpha value is -1.47. The van der Waals surface area contributed by atoms with E-state index in [4.69, 9.17) is 10.5 Å². The maximum absolute atomic E-state index is 12.7. The Kier molecular flexibility index (Phi) is 3.88. The van der Waals surface area contributed by atoms with Gasteiger partial charge < -0.3 is 15.8 Å². The average Bonchev–Trinajstić information content (AvgIpc) is 3.31. The van der Waals surface area contributed by atoms with Crippen molar-refractivity contribution in [3.05, 3.63) is 0 Å². The largest absolute Gasteiger partial charge is 0.373 e. The molecule has 3 amide bonds. The number of carbonyl (C=O) groups excluding carboxylic acids is 3. The third-order valence-corrected chi connectivity index (χ3v) is 6.37. The highest BCUT2D eigenvalue weighted by Crippen LogP contribution is 2.48. The van der Waals surface area contributed by atoms with Crippen LogP contribution in [0, 0.1) is 17.8 Å². The first kappa shape index (κ1) is 16.0. The number of nitrogens with two attached hydrogens (primary N) is 1. The second-order valence-electron chi connectivity index (χ2n) is 7.61. The van der Waals surface area contributed by atoms with Crippen LogP contribution in [0.4, 0.5) is 0 Å². The van der Waals surface area contributed by atoms with Crippen LogP contribution in [0.1, 0.15) is 39.0 Å². The highest BCUT2D eigenvalue weighted by molar-refractivity contribution is 6.09. The number of imide groups is 1. The van der Waals surface area contributed by atoms with Gasteiger partial charge in [-0.25, -0.2) is 0 Å². The van der Waals surface area contributed by atoms with Crippen LogP contribution >= 0.6 is 0 Å². The van der Waals surface area contributed by atoms with Gasteiger partial charge in [0.1, 0.15) is 6.04 Å². The molecule has 3 heterocycles. The smallest absolute Gasteiger partial charge is 0.243 e. The summed E-state index contributed by atoms with van der Waals surface area (Å²) >= 11 is 0. The molecule has 0 aromatic rings. The van der Waals surface area contributed by atoms with E-state index in [1.54, 1.807) is 6.92 Å². The lowest BCUT2D eigenvalue weighted by Gasteiger charge is -2.27. The number of fused-ring (bicyclic) bond motifs is 5. The molecule has 0 aromatic heterocycles. The first-order valence-electron chi connectivity index (χ1n) is 9.05. The molecule has 7 nitrogen and oxygen atoms in total. The van der Waals surface area contributed by atoms with Crippen molar-refractivity contribution in [3.63, 3.8) is 0 Å². The third kappa shape index (κ3) is 2.21. The molecular formula is C17H25N3O4. The van der Waals surface area contributed by atoms with Crippen molar-refractivity contribution in [1.82, 2.24) is 10.2 Å². The van der Waals surface area contributed by atoms with E-state index < -0.39 is 6.04 Å². The molecule has 3 N–H and O–H groups in total. The fraction of sp³-hybridized carbons (Fsp3) is 0.824. The monoisotopic (exact) mass is 335 g/mol. The van der Waals surface area contributed by atoms with E-state index in [0.29, 0.717) is 6.54 Å². The molecule has 7 heteroatoms. The molecule has 7 unspecified atom stereocenters. The van der Waals surface area contributed by atoms with Crippen molar-refractivity contribution in [2.45, 2.75) is 63.3 Å². The van der Waals surface area contributed by atoms with Gasteiger partial charge in [-0.2, -0.15) is 0 Å². The van der Waals surface area contributed by atoms with Crippen LogP contribution in [0.3, 0.4) is 0 Å². The Labute approximate surface area is 141 Å². The summed E-state index contributed by atoms with van der Waals surface area (Å²) in [5.41, 5.74) is 5.76. The van der Waals surface area contributed by atoms with Crippen LogP contribution in [0.5, 0.6) is 0 Å². The maximum atomic E-state index is 12.7. The van der Waals surface area contributed by atoms with Crippen molar-refractivity contribution < 1.29 is 19.1 Å². The van der Waals surface area contributed by atoms with Crippen LogP contribution < -0.4 is 11.1 Å². The van der Waals surface area contributed by atoms with Gasteiger partial charge in [-0.3, -0.25) is 19.3 Å². The molecule has 4 rings (SSSR count). The Bertz CT molecular complexity index is 552. The Balaban J connectivity index is 1.46. The summed E-state index contributed by atoms with van der Waals surface area (Å²) in [5, 5.41) is 3.01. The lowest BCUT2D eigenvalue weighted by molar-refractivity contribution is -0.149. The molecule has 4 aliphatic rings. The SMILES string of the molecule is CC(C(=O)NC1CCCC1CN)N1C(=O)C2C3CCC(O3)C2C1=O. The van der Waals surface area contributed by atoms with Crippen molar-refractivity contribution in [3.8, 4) is 0 Å². The average molecular weight is 335 g/mol. The Morgan fingerprint density at radius 2 is 1.83 bits per heavy atom. The standard InChI is InChI=1S/C17H25N3O4/c1-8(15(21)19-10-4-2-3-9(10)7-18)20-16(22)13-11-5-6-12(24-11)14(13)17(20)23/h8-14H,2-7,18H2,1H3,(H,19,21). The molecule has 1 aliphatic carbocycles. The molecule has 4 fully saturated rings. The number of carbonyl (C=O) groups is 3. The van der Waals surface area contributed by atoms with Gasteiger partial charge in [-0.15, -0.1) is 0 Å². The zero-order valence-corrected chi connectivity index (χ0v) is 13.9. The third-order valence-electron chi connectivity index (χ3n) is 6.37. The van der Waals surface area contributed by atoms with E-state index >= 15 is 0 Å². The first-order chi connectivity index (χ1) is 11.5. The number of ether oxygens (including phenoxy) is 1. The summed E-state index contributed by atoms with van der Waals surface area (Å²) in [7, 11) is 0. The van der Waals surface area contributed by atoms with E-state index in [-0.39, 0.29) is 53.7 Å². The number of amides is 3. The van der Waals surface area contributed by atoms with Crippen LogP contribution in [0.2, 0.25) is 0 Å². The molecular weight excluding hydrogens is 310 g/mol. The van der Waals surface area contributed by atoms with Crippen molar-refractivity contribution >= 4 is 17.7 Å². The quantitative estimate of drug-likeness (QED) is 0.692. The summed E-state index contributed by atoms with van der Waals surface area (Å²) < 4.78 is 5.72. The number of nitrogens with one attached hydrogen (secondary N) is 1. The van der Waals surface area contributed by atoms with Gasteiger partial charge in [-0.1, -0.05) is 6.42 Å². The lowest BCUT2D eigenvalue weighted by Crippen LogP contribution is -2.52. The topological polar surface area (TPSA) is 102 Å². The summed E-state index contributed by atoms with van der Waals surface area (Å²) in [6, 6.07) is -0.717. The minimum absolute atomic E-state index is 0.0526. The van der Waals surface area contributed by atoms with Gasteiger partial charge in [0, 0.05) is 6.04 Å². The number of nitrogens with zero attached hydrogens (tertiary/aromatic N) is 1. The predicted molar refractivity (Wildman–Crippen MR) is 84.5 cm³/mol. The van der Waals surface area contributed by atoms with Crippen molar-refractivity contribution in [2.24, 2.45) is 23.5 Å². The minimum Gasteiger partial charge on any atom is -0.373 e. The van der Waals surface area contributed by atoms with Crippen molar-refractivity contribution in [2.75, 3.05) is 6.54 Å². The minimum atomic E-state index is -0.769. The van der Waals surface area contributed by atoms with Crippen LogP contribution in [0.15, 0.2) is 0 Å². The van der Waals surface area contributed by atoms with Crippen molar-refractivity contribution in [1.29, 1.82) is 0 Å². The van der Waals surface area contributed by atoms with E-state index in [0.717, 1.165) is 32.1 Å². The van der Waals surface area contributed by atoms with Gasteiger partial charge in [-0.05, 0) is 45.1 Å². The second-order valence-corrected chi connectivity index (χ2v) is 7.61. The number of hydrogen-bond donors (Lipinski definition) is 2. The van der Waals surface area contributed by atoms with Gasteiger partial charge in [0.2, 0.25) is 17.7 Å². The molecule has 132 valence electrons. The second kappa shape index (κ2) is 5.81. The molecule has 1 saturated carbocycles. The molecule has 7 atom stereocenters. The summed E-state index contributed by atoms with van der Waals surface area (Å²) in [6.45, 7) is 2.19. The van der Waals surface area contributed by atoms with Crippen LogP contribution in [0.25, 0.3) is 0 Å². The van der Waals surface area contributed by atoms with E-state index in [1.807, 2.05) is 0 Å². The number of rotatable bonds is 4. The molecule has 3 aliphatic heterocycles. The zero-order chi connectivity index (χ0) is 17.0. The molecule has 0 radical (unpaired) electrons. The predicted octanol–water partition coefficient (Wildman–Crippen LogP) is -0.219. The van der Waals surface area contributed by atoms with Crippen LogP contribution in [-0.2, 0) is 19.1 Å². The molecule has 3 saturated heterocycles. The molecule has 0 spiro atoms. The summed E-state index contributed by atoms with van der Waals surface area (Å²) in [5.74, 6) is -1.20. The van der Waals surface area contributed by atoms with Crippen LogP contribution in [-0.4, -0.2) is 53.5 Å². The maximum Gasteiger partial charge on any atom is 0.243 e. The lowest BCUT2D eigenvalue weighted by atomic mass is 9.81. The summed E-state index contributed by atoms with van der Waals surface area (Å²) in [6.07, 6.45) is 4.35. The van der Waals surface area contributed by atoms with Gasteiger partial charge in [0.25, 0.3) is 0 Å². The fourth-order valence-corrected chi connectivity index (χ4v) is 5.05. The first-order valence-corrected chi connectivity index (χ1v) is 9.05. The van der Waals surface area contributed by atoms with E-state index in [9.17, 15) is 14.4 Å². The van der Waals surface area contributed by atoms with E-state index in [2.05, 4.69) is 5.32 Å². The highest BCUT2D eigenvalue weighted by Gasteiger charge is 2.63. The molecule has 24 heavy (non-hydrogen) atoms. The van der Waals surface area contributed by atoms with Gasteiger partial charge in [0.05, 0.1) is 24.0 Å². The molecule has 2 bridgehead atoms. The summed E-state index contributed by atoms with van der Waals surface area (Å²) in [4.78, 5) is 39.2. The number of likely N-dealkylation sites (tertiary alicyclic amines) is 1. The Morgan fingerprint density at radius 1 is 1.21 bits per heavy atom. The fourth-order valence-electron chi connectivity index (χ4n) is 5.05. The normalized spacial score (nSPS) is 41.8. The highest BCUT2D eigenvalue weighted by atomic mass is 16.5. The molecule has 0 aromatic carbocycles.